The van der Waals surface area contributed by atoms with Gasteiger partial charge in [0.05, 0.1) is 106 Å². The van der Waals surface area contributed by atoms with Crippen LogP contribution in [0.25, 0.3) is 44.6 Å². The Bertz CT molecular complexity index is 4420. The van der Waals surface area contributed by atoms with Gasteiger partial charge in [0.1, 0.15) is 48.1 Å². The van der Waals surface area contributed by atoms with E-state index in [1.54, 1.807) is 24.3 Å². The normalized spacial score (nSPS) is 15.8. The van der Waals surface area contributed by atoms with Crippen molar-refractivity contribution in [2.75, 3.05) is 26.4 Å². The zero-order valence-electron chi connectivity index (χ0n) is 48.8. The lowest BCUT2D eigenvalue weighted by Gasteiger charge is -2.28. The second kappa shape index (κ2) is 24.6. The van der Waals surface area contributed by atoms with Crippen LogP contribution >= 0.6 is 23.2 Å². The van der Waals surface area contributed by atoms with E-state index in [0.29, 0.717) is 58.1 Å². The molecule has 6 heterocycles. The van der Waals surface area contributed by atoms with Crippen molar-refractivity contribution in [2.45, 2.75) is 65.8 Å². The molecule has 0 bridgehead atoms. The number of pyridine rings is 2. The van der Waals surface area contributed by atoms with Gasteiger partial charge in [0.2, 0.25) is 0 Å². The Hall–Kier alpha value is -9.64. The molecule has 4 aromatic heterocycles. The number of nitriles is 2. The zero-order chi connectivity index (χ0) is 64.2. The molecule has 0 spiro atoms. The van der Waals surface area contributed by atoms with Gasteiger partial charge in [-0.15, -0.1) is 0 Å². The first-order chi connectivity index (χ1) is 43.6. The van der Waals surface area contributed by atoms with Crippen LogP contribution in [0.1, 0.15) is 106 Å². The number of nitrogens with zero attached hydrogens (tertiary/aromatic N) is 8. The summed E-state index contributed by atoms with van der Waals surface area (Å²) < 4.78 is 124. The minimum Gasteiger partial charge on any atom is -0.471 e. The number of benzene rings is 6. The number of carbonyl (C=O) groups excluding carboxylic acids is 2. The number of aromatic nitrogens is 6. The highest BCUT2D eigenvalue weighted by Crippen LogP contribution is 2.44. The minimum atomic E-state index is -0.967. The van der Waals surface area contributed by atoms with E-state index in [-0.39, 0.29) is 104 Å². The predicted molar refractivity (Wildman–Crippen MR) is 322 cm³/mol. The fraction of sp³-hybridized carbons (Fsp3) is 0.235. The number of hydrogen-bond donors (Lipinski definition) is 0. The van der Waals surface area contributed by atoms with Gasteiger partial charge in [0.15, 0.2) is 11.6 Å². The van der Waals surface area contributed by atoms with Crippen molar-refractivity contribution in [1.29, 1.82) is 10.5 Å². The van der Waals surface area contributed by atoms with Crippen LogP contribution in [0.3, 0.4) is 0 Å². The summed E-state index contributed by atoms with van der Waals surface area (Å²) in [5, 5.41) is 18.4. The van der Waals surface area contributed by atoms with Gasteiger partial charge in [-0.25, -0.2) is 55.9 Å². The summed E-state index contributed by atoms with van der Waals surface area (Å²) >= 11 is 13.8. The van der Waals surface area contributed by atoms with Crippen molar-refractivity contribution >= 4 is 57.2 Å². The van der Waals surface area contributed by atoms with Gasteiger partial charge in [0.25, 0.3) is 11.8 Å². The topological polar surface area (TPSA) is 189 Å². The average molecular weight is 1280 g/mol. The van der Waals surface area contributed by atoms with Gasteiger partial charge in [-0.2, -0.15) is 10.5 Å². The number of imidazole rings is 2. The molecular weight excluding hydrogens is 1230 g/mol. The van der Waals surface area contributed by atoms with E-state index in [9.17, 15) is 27.2 Å². The van der Waals surface area contributed by atoms with Gasteiger partial charge in [-0.05, 0) is 120 Å². The molecule has 0 saturated carbocycles. The summed E-state index contributed by atoms with van der Waals surface area (Å²) in [6.07, 6.45) is 0.000194. The molecule has 0 amide bonds. The Balaban J connectivity index is 0.793. The van der Waals surface area contributed by atoms with E-state index in [1.165, 1.54) is 72.8 Å². The SMILES string of the molecule is CC1(C)COCC1n1c(Cc2cc(F)c(-c3ccc(F)c(OCc4ccc(C#N)cc4F)n3)cc2Cl)nc2ccc(C(=O)OC(=O)c3ccc4nc(Cc5cc(F)c(-c6ccc(F)c(OCc7ccc(C#N)cc7F)n6)cc5Cl)n(C5COCC5(C)C)c4c3)cc21. The highest BCUT2D eigenvalue weighted by molar-refractivity contribution is 6.32. The first-order valence-electron chi connectivity index (χ1n) is 28.4. The molecule has 2 saturated heterocycles. The summed E-state index contributed by atoms with van der Waals surface area (Å²) in [5.41, 5.74) is 1.79. The fourth-order valence-electron chi connectivity index (χ4n) is 11.3. The van der Waals surface area contributed by atoms with E-state index in [0.717, 1.165) is 24.3 Å². The van der Waals surface area contributed by atoms with Crippen molar-refractivity contribution in [1.82, 2.24) is 29.1 Å². The van der Waals surface area contributed by atoms with Crippen LogP contribution in [0.15, 0.2) is 121 Å². The first-order valence-corrected chi connectivity index (χ1v) is 29.2. The van der Waals surface area contributed by atoms with Crippen LogP contribution in [0, 0.1) is 68.4 Å². The summed E-state index contributed by atoms with van der Waals surface area (Å²) in [5.74, 6) is -6.78. The summed E-state index contributed by atoms with van der Waals surface area (Å²) in [6.45, 7) is 8.51. The molecule has 0 aliphatic carbocycles. The van der Waals surface area contributed by atoms with Gasteiger partial charge in [-0.3, -0.25) is 0 Å². The van der Waals surface area contributed by atoms with Gasteiger partial charge in [0, 0.05) is 56.0 Å². The molecule has 23 heteroatoms. The lowest BCUT2D eigenvalue weighted by atomic mass is 9.87. The standard InChI is InChI=1S/C68H50Cl2F6N8O7/c1-67(2)33-87-31-59(67)83-57-21-37(9-13-55(57)79-61(83)23-41-19-51(75)43(25-45(41)69)53-15-11-47(71)63(81-53)89-29-39-7-5-35(27-77)17-49(39)73)65(85)91-66(86)38-10-14-56-58(22-38)84(60-32-88-34-68(60,3)4)62(80-56)24-42-20-52(76)44(26-46(42)70)54-16-12-48(72)64(82-54)90-30-40-8-6-36(28-78)18-50(40)74/h5-22,25-26,59-60H,23-24,29-34H2,1-4H3. The zero-order valence-corrected chi connectivity index (χ0v) is 50.3. The molecule has 0 radical (unpaired) electrons. The number of ether oxygens (including phenoxy) is 5. The molecule has 0 N–H and O–H groups in total. The maximum absolute atomic E-state index is 16.3. The smallest absolute Gasteiger partial charge is 0.346 e. The fourth-order valence-corrected chi connectivity index (χ4v) is 11.8. The molecule has 2 aliphatic heterocycles. The number of hydrogen-bond acceptors (Lipinski definition) is 13. The molecule has 10 aromatic rings. The molecule has 91 heavy (non-hydrogen) atoms. The third kappa shape index (κ3) is 12.3. The number of esters is 2. The Morgan fingerprint density at radius 2 is 0.945 bits per heavy atom. The van der Waals surface area contributed by atoms with Crippen molar-refractivity contribution in [3.63, 3.8) is 0 Å². The van der Waals surface area contributed by atoms with Gasteiger partial charge >= 0.3 is 11.9 Å². The molecule has 2 unspecified atom stereocenters. The molecule has 460 valence electrons. The Morgan fingerprint density at radius 1 is 0.527 bits per heavy atom. The van der Waals surface area contributed by atoms with E-state index in [1.807, 2.05) is 49.0 Å². The quantitative estimate of drug-likeness (QED) is 0.0505. The largest absolute Gasteiger partial charge is 0.471 e. The lowest BCUT2D eigenvalue weighted by molar-refractivity contribution is 0.0397. The average Bonchev–Trinajstić information content (AvgIpc) is 1.89. The maximum Gasteiger partial charge on any atom is 0.346 e. The van der Waals surface area contributed by atoms with Crippen molar-refractivity contribution < 1.29 is 59.6 Å². The highest BCUT2D eigenvalue weighted by atomic mass is 35.5. The van der Waals surface area contributed by atoms with E-state index in [4.69, 9.17) is 67.4 Å². The Kier molecular flexibility index (Phi) is 16.7. The van der Waals surface area contributed by atoms with E-state index >= 15 is 8.78 Å². The van der Waals surface area contributed by atoms with Gasteiger partial charge < -0.3 is 32.8 Å². The number of halogens is 8. The van der Waals surface area contributed by atoms with Crippen molar-refractivity contribution in [3.8, 4) is 46.4 Å². The van der Waals surface area contributed by atoms with Crippen LogP contribution in [0.4, 0.5) is 26.3 Å². The van der Waals surface area contributed by atoms with Crippen molar-refractivity contribution in [2.24, 2.45) is 10.8 Å². The summed E-state index contributed by atoms with van der Waals surface area (Å²) in [4.78, 5) is 46.5. The third-order valence-corrected chi connectivity index (χ3v) is 17.1. The molecule has 15 nitrogen and oxygen atoms in total. The lowest BCUT2D eigenvalue weighted by Crippen LogP contribution is -2.27. The van der Waals surface area contributed by atoms with E-state index in [2.05, 4.69) is 9.97 Å². The predicted octanol–water partition coefficient (Wildman–Crippen LogP) is 14.9. The number of rotatable bonds is 16. The molecular formula is C68H50Cl2F6N8O7. The highest BCUT2D eigenvalue weighted by Gasteiger charge is 2.41. The molecule has 2 fully saturated rings. The number of carbonyl (C=O) groups is 2. The molecule has 12 rings (SSSR count). The van der Waals surface area contributed by atoms with Crippen LogP contribution in [0.5, 0.6) is 11.8 Å². The Morgan fingerprint density at radius 3 is 1.32 bits per heavy atom. The first kappa shape index (κ1) is 61.6. The van der Waals surface area contributed by atoms with Crippen LogP contribution in [-0.2, 0) is 40.3 Å². The van der Waals surface area contributed by atoms with Crippen LogP contribution in [0.2, 0.25) is 10.0 Å². The Labute approximate surface area is 525 Å². The maximum atomic E-state index is 16.3. The van der Waals surface area contributed by atoms with E-state index < -0.39 is 82.6 Å². The second-order valence-corrected chi connectivity index (χ2v) is 24.3. The minimum absolute atomic E-state index is 0.0000972. The summed E-state index contributed by atoms with van der Waals surface area (Å²) in [7, 11) is 0. The summed E-state index contributed by atoms with van der Waals surface area (Å²) in [6, 6.07) is 29.5. The molecule has 6 aromatic carbocycles. The van der Waals surface area contributed by atoms with Gasteiger partial charge in [-0.1, -0.05) is 63.0 Å². The second-order valence-electron chi connectivity index (χ2n) is 23.5. The third-order valence-electron chi connectivity index (χ3n) is 16.4. The number of fused-ring (bicyclic) bond motifs is 2. The molecule has 2 atom stereocenters. The monoisotopic (exact) mass is 1270 g/mol. The van der Waals surface area contributed by atoms with Crippen molar-refractivity contribution in [3.05, 3.63) is 222 Å². The van der Waals surface area contributed by atoms with Crippen LogP contribution < -0.4 is 9.47 Å². The van der Waals surface area contributed by atoms with Crippen LogP contribution in [-0.4, -0.2) is 67.4 Å². The molecule has 2 aliphatic rings.